The molecule has 0 saturated heterocycles. The number of aromatic nitrogens is 2. The number of carbonyl (C=O) groups is 2. The molecule has 0 saturated carbocycles. The van der Waals surface area contributed by atoms with Gasteiger partial charge in [-0.2, -0.15) is 0 Å². The smallest absolute Gasteiger partial charge is 0.270 e. The van der Waals surface area contributed by atoms with E-state index in [0.717, 1.165) is 5.56 Å². The van der Waals surface area contributed by atoms with Crippen molar-refractivity contribution in [2.75, 3.05) is 6.61 Å². The molecular formula is C21H21N3O3. The maximum absolute atomic E-state index is 12.8. The zero-order valence-corrected chi connectivity index (χ0v) is 14.8. The van der Waals surface area contributed by atoms with Gasteiger partial charge in [0.2, 0.25) is 5.78 Å². The number of rotatable bonds is 8. The first kappa shape index (κ1) is 18.5. The molecule has 1 heterocycles. The normalized spacial score (nSPS) is 11.7. The zero-order valence-electron chi connectivity index (χ0n) is 14.8. The van der Waals surface area contributed by atoms with Gasteiger partial charge < -0.3 is 15.4 Å². The summed E-state index contributed by atoms with van der Waals surface area (Å²) in [4.78, 5) is 32.3. The van der Waals surface area contributed by atoms with Crippen molar-refractivity contribution >= 4 is 11.7 Å². The number of aliphatic hydroxyl groups excluding tert-OH is 1. The minimum absolute atomic E-state index is 0.0427. The average molecular weight is 363 g/mol. The number of aromatic amines is 1. The molecule has 27 heavy (non-hydrogen) atoms. The maximum atomic E-state index is 12.8. The van der Waals surface area contributed by atoms with Gasteiger partial charge >= 0.3 is 0 Å². The molecule has 1 amide bonds. The van der Waals surface area contributed by atoms with E-state index >= 15 is 0 Å². The highest BCUT2D eigenvalue weighted by Crippen LogP contribution is 2.19. The third kappa shape index (κ3) is 4.48. The summed E-state index contributed by atoms with van der Waals surface area (Å²) in [5, 5.41) is 12.1. The molecule has 0 aliphatic heterocycles. The molecule has 3 aromatic rings. The molecule has 0 radical (unpaired) electrons. The molecule has 6 nitrogen and oxygen atoms in total. The van der Waals surface area contributed by atoms with E-state index in [9.17, 15) is 9.59 Å². The van der Waals surface area contributed by atoms with E-state index in [4.69, 9.17) is 5.11 Å². The second-order valence-corrected chi connectivity index (χ2v) is 6.12. The van der Waals surface area contributed by atoms with E-state index in [1.165, 1.54) is 6.33 Å². The van der Waals surface area contributed by atoms with Crippen molar-refractivity contribution in [2.24, 2.45) is 0 Å². The van der Waals surface area contributed by atoms with Crippen LogP contribution in [0.4, 0.5) is 0 Å². The van der Waals surface area contributed by atoms with Crippen LogP contribution in [0.5, 0.6) is 0 Å². The Morgan fingerprint density at radius 1 is 1.04 bits per heavy atom. The van der Waals surface area contributed by atoms with Gasteiger partial charge in [0.1, 0.15) is 11.4 Å². The van der Waals surface area contributed by atoms with E-state index in [0.29, 0.717) is 18.4 Å². The Morgan fingerprint density at radius 2 is 1.70 bits per heavy atom. The third-order valence-corrected chi connectivity index (χ3v) is 4.28. The summed E-state index contributed by atoms with van der Waals surface area (Å²) in [6.07, 6.45) is 2.48. The summed E-state index contributed by atoms with van der Waals surface area (Å²) < 4.78 is 0. The first-order chi connectivity index (χ1) is 13.2. The van der Waals surface area contributed by atoms with E-state index in [-0.39, 0.29) is 29.8 Å². The molecule has 3 N–H and O–H groups in total. The van der Waals surface area contributed by atoms with E-state index in [1.54, 1.807) is 24.3 Å². The van der Waals surface area contributed by atoms with Gasteiger partial charge in [-0.25, -0.2) is 4.98 Å². The lowest BCUT2D eigenvalue weighted by atomic mass is 10.0. The highest BCUT2D eigenvalue weighted by molar-refractivity contribution is 6.13. The Morgan fingerprint density at radius 3 is 2.37 bits per heavy atom. The average Bonchev–Trinajstić information content (AvgIpc) is 3.21. The number of H-pyrrole nitrogens is 1. The number of hydrogen-bond acceptors (Lipinski definition) is 4. The number of hydrogen-bond donors (Lipinski definition) is 3. The van der Waals surface area contributed by atoms with Crippen LogP contribution in [0.2, 0.25) is 0 Å². The monoisotopic (exact) mass is 363 g/mol. The number of carbonyl (C=O) groups excluding carboxylic acids is 2. The third-order valence-electron chi connectivity index (χ3n) is 4.28. The van der Waals surface area contributed by atoms with Gasteiger partial charge in [0.15, 0.2) is 0 Å². The first-order valence-corrected chi connectivity index (χ1v) is 8.80. The van der Waals surface area contributed by atoms with Gasteiger partial charge in [-0.15, -0.1) is 0 Å². The molecular weight excluding hydrogens is 342 g/mol. The van der Waals surface area contributed by atoms with Crippen molar-refractivity contribution in [1.29, 1.82) is 0 Å². The van der Waals surface area contributed by atoms with Gasteiger partial charge in [-0.3, -0.25) is 9.59 Å². The number of nitrogens with zero attached hydrogens (tertiary/aromatic N) is 1. The molecule has 0 aliphatic carbocycles. The minimum Gasteiger partial charge on any atom is -0.396 e. The van der Waals surface area contributed by atoms with Crippen LogP contribution in [0, 0.1) is 0 Å². The van der Waals surface area contributed by atoms with E-state index in [1.807, 2.05) is 36.4 Å². The summed E-state index contributed by atoms with van der Waals surface area (Å²) in [5.74, 6) is -0.716. The molecule has 0 bridgehead atoms. The zero-order chi connectivity index (χ0) is 19.1. The van der Waals surface area contributed by atoms with Crippen molar-refractivity contribution in [3.05, 3.63) is 89.5 Å². The number of nitrogens with one attached hydrogen (secondary N) is 2. The fourth-order valence-corrected chi connectivity index (χ4v) is 2.90. The molecule has 0 fully saturated rings. The van der Waals surface area contributed by atoms with Gasteiger partial charge in [0.05, 0.1) is 12.4 Å². The second kappa shape index (κ2) is 8.91. The molecule has 1 atom stereocenters. The van der Waals surface area contributed by atoms with Crippen molar-refractivity contribution in [3.63, 3.8) is 0 Å². The topological polar surface area (TPSA) is 95.1 Å². The van der Waals surface area contributed by atoms with Crippen LogP contribution >= 0.6 is 0 Å². The van der Waals surface area contributed by atoms with Gasteiger partial charge in [0, 0.05) is 12.2 Å². The van der Waals surface area contributed by atoms with Gasteiger partial charge in [-0.05, 0) is 18.4 Å². The van der Waals surface area contributed by atoms with Gasteiger partial charge in [0.25, 0.3) is 5.91 Å². The fraction of sp³-hybridized carbons (Fsp3) is 0.190. The van der Waals surface area contributed by atoms with E-state index < -0.39 is 5.91 Å². The summed E-state index contributed by atoms with van der Waals surface area (Å²) in [7, 11) is 0. The minimum atomic E-state index is -0.404. The number of imidazole rings is 1. The van der Waals surface area contributed by atoms with Crippen LogP contribution in [-0.2, 0) is 0 Å². The molecule has 0 aliphatic rings. The Kier molecular flexibility index (Phi) is 6.12. The SMILES string of the molecule is O=C(c1ccccc1)c1nc[nH]c1C(=O)NC(CCCO)c1ccccc1. The highest BCUT2D eigenvalue weighted by Gasteiger charge is 2.23. The largest absolute Gasteiger partial charge is 0.396 e. The number of benzene rings is 2. The summed E-state index contributed by atoms with van der Waals surface area (Å²) in [6.45, 7) is 0.0427. The number of ketones is 1. The molecule has 138 valence electrons. The fourth-order valence-electron chi connectivity index (χ4n) is 2.90. The Bertz CT molecular complexity index is 891. The standard InChI is InChI=1S/C21H21N3O3/c25-13-7-12-17(15-8-3-1-4-9-15)24-21(27)19-18(22-14-23-19)20(26)16-10-5-2-6-11-16/h1-6,8-11,14,17,25H,7,12-13H2,(H,22,23)(H,24,27). The molecule has 1 unspecified atom stereocenters. The number of amides is 1. The maximum Gasteiger partial charge on any atom is 0.270 e. The predicted octanol–water partition coefficient (Wildman–Crippen LogP) is 2.88. The lowest BCUT2D eigenvalue weighted by molar-refractivity contribution is 0.0918. The van der Waals surface area contributed by atoms with Crippen LogP contribution in [0.3, 0.4) is 0 Å². The van der Waals surface area contributed by atoms with Crippen molar-refractivity contribution in [2.45, 2.75) is 18.9 Å². The van der Waals surface area contributed by atoms with Crippen LogP contribution in [0.1, 0.15) is 51.0 Å². The summed E-state index contributed by atoms with van der Waals surface area (Å²) in [5.41, 5.74) is 1.63. The summed E-state index contributed by atoms with van der Waals surface area (Å²) in [6, 6.07) is 18.0. The molecule has 6 heteroatoms. The van der Waals surface area contributed by atoms with Crippen molar-refractivity contribution < 1.29 is 14.7 Å². The molecule has 1 aromatic heterocycles. The quantitative estimate of drug-likeness (QED) is 0.536. The first-order valence-electron chi connectivity index (χ1n) is 8.80. The molecule has 2 aromatic carbocycles. The molecule has 3 rings (SSSR count). The van der Waals surface area contributed by atoms with Crippen LogP contribution in [0.25, 0.3) is 0 Å². The van der Waals surface area contributed by atoms with Gasteiger partial charge in [-0.1, -0.05) is 60.7 Å². The van der Waals surface area contributed by atoms with Crippen LogP contribution < -0.4 is 5.32 Å². The second-order valence-electron chi connectivity index (χ2n) is 6.12. The number of aliphatic hydroxyl groups is 1. The highest BCUT2D eigenvalue weighted by atomic mass is 16.3. The van der Waals surface area contributed by atoms with Crippen molar-refractivity contribution in [3.8, 4) is 0 Å². The van der Waals surface area contributed by atoms with Crippen LogP contribution in [-0.4, -0.2) is 33.4 Å². The van der Waals surface area contributed by atoms with E-state index in [2.05, 4.69) is 15.3 Å². The lowest BCUT2D eigenvalue weighted by Crippen LogP contribution is -2.30. The Balaban J connectivity index is 1.81. The predicted molar refractivity (Wildman–Crippen MR) is 101 cm³/mol. The lowest BCUT2D eigenvalue weighted by Gasteiger charge is -2.19. The van der Waals surface area contributed by atoms with Crippen molar-refractivity contribution in [1.82, 2.24) is 15.3 Å². The summed E-state index contributed by atoms with van der Waals surface area (Å²) >= 11 is 0. The molecule has 0 spiro atoms. The van der Waals surface area contributed by atoms with Crippen LogP contribution in [0.15, 0.2) is 67.0 Å². The Labute approximate surface area is 157 Å². The Hall–Kier alpha value is -3.25.